The predicted octanol–water partition coefficient (Wildman–Crippen LogP) is 2.95. The van der Waals surface area contributed by atoms with Crippen LogP contribution in [0.1, 0.15) is 0 Å². The Labute approximate surface area is 94.3 Å². The molecule has 3 nitrogen and oxygen atoms in total. The smallest absolute Gasteiger partial charge is 0.165 e. The summed E-state index contributed by atoms with van der Waals surface area (Å²) in [6.07, 6.45) is 3.42. The van der Waals surface area contributed by atoms with Gasteiger partial charge in [-0.3, -0.25) is 4.98 Å². The summed E-state index contributed by atoms with van der Waals surface area (Å²) in [4.78, 5) is 3.92. The van der Waals surface area contributed by atoms with Gasteiger partial charge in [-0.2, -0.15) is 0 Å². The largest absolute Gasteiger partial charge is 0.265 e. The molecule has 0 radical (unpaired) electrons. The van der Waals surface area contributed by atoms with Crippen molar-refractivity contribution in [3.63, 3.8) is 0 Å². The van der Waals surface area contributed by atoms with Crippen LogP contribution in [-0.2, 0) is 0 Å². The van der Waals surface area contributed by atoms with E-state index < -0.39 is 0 Å². The average molecular weight is 271 g/mol. The van der Waals surface area contributed by atoms with E-state index in [1.165, 1.54) is 0 Å². The minimum Gasteiger partial charge on any atom is -0.265 e. The van der Waals surface area contributed by atoms with E-state index in [-0.39, 0.29) is 0 Å². The number of nitrogens with zero attached hydrogens (tertiary/aromatic N) is 3. The Hall–Kier alpha value is -1.000. The van der Waals surface area contributed by atoms with Crippen LogP contribution in [0.15, 0.2) is 35.1 Å². The second-order valence-electron chi connectivity index (χ2n) is 2.60. The van der Waals surface area contributed by atoms with Gasteiger partial charge in [-0.15, -0.1) is 10.2 Å². The summed E-state index contributed by atoms with van der Waals surface area (Å²) >= 11 is 9.03. The molecule has 2 aromatic heterocycles. The number of pyridine rings is 1. The third-order valence-corrected chi connectivity index (χ3v) is 2.79. The predicted molar refractivity (Wildman–Crippen MR) is 58.0 cm³/mol. The van der Waals surface area contributed by atoms with Crippen molar-refractivity contribution in [2.45, 2.75) is 0 Å². The third-order valence-electron chi connectivity index (χ3n) is 1.68. The van der Waals surface area contributed by atoms with E-state index in [0.29, 0.717) is 5.15 Å². The molecule has 14 heavy (non-hydrogen) atoms. The van der Waals surface area contributed by atoms with Crippen molar-refractivity contribution in [1.29, 1.82) is 0 Å². The van der Waals surface area contributed by atoms with Crippen LogP contribution in [0.5, 0.6) is 0 Å². The average Bonchev–Trinajstić information content (AvgIpc) is 2.23. The molecule has 70 valence electrons. The molecule has 0 saturated heterocycles. The van der Waals surface area contributed by atoms with Gasteiger partial charge >= 0.3 is 0 Å². The Kier molecular flexibility index (Phi) is 2.74. The molecule has 0 unspecified atom stereocenters. The lowest BCUT2D eigenvalue weighted by Crippen LogP contribution is -1.88. The Morgan fingerprint density at radius 3 is 2.50 bits per heavy atom. The molecule has 0 aromatic carbocycles. The topological polar surface area (TPSA) is 38.7 Å². The van der Waals surface area contributed by atoms with Crippen molar-refractivity contribution in [3.05, 3.63) is 40.2 Å². The van der Waals surface area contributed by atoms with Gasteiger partial charge in [0.15, 0.2) is 5.15 Å². The van der Waals surface area contributed by atoms with Gasteiger partial charge in [0, 0.05) is 18.0 Å². The first kappa shape index (κ1) is 9.55. The van der Waals surface area contributed by atoms with Crippen LogP contribution in [-0.4, -0.2) is 15.2 Å². The van der Waals surface area contributed by atoms with Gasteiger partial charge in [0.05, 0.1) is 10.2 Å². The van der Waals surface area contributed by atoms with Crippen LogP contribution in [0, 0.1) is 0 Å². The van der Waals surface area contributed by atoms with Gasteiger partial charge in [0.2, 0.25) is 0 Å². The van der Waals surface area contributed by atoms with E-state index in [4.69, 9.17) is 11.6 Å². The molecule has 0 aliphatic rings. The number of hydrogen-bond acceptors (Lipinski definition) is 3. The minimum absolute atomic E-state index is 0.364. The fourth-order valence-corrected chi connectivity index (χ4v) is 1.41. The molecular weight excluding hydrogens is 265 g/mol. The molecular formula is C9H5BrClN3. The van der Waals surface area contributed by atoms with Crippen molar-refractivity contribution >= 4 is 27.5 Å². The lowest BCUT2D eigenvalue weighted by molar-refractivity contribution is 1.03. The standard InChI is InChI=1S/C9H5BrClN3/c10-7-5-8(13-14-9(7)11)6-1-3-12-4-2-6/h1-5H. The van der Waals surface area contributed by atoms with E-state index in [1.807, 2.05) is 18.2 Å². The molecule has 0 atom stereocenters. The van der Waals surface area contributed by atoms with Gasteiger partial charge in [-0.05, 0) is 34.1 Å². The monoisotopic (exact) mass is 269 g/mol. The first-order valence-electron chi connectivity index (χ1n) is 3.86. The lowest BCUT2D eigenvalue weighted by atomic mass is 10.2. The molecule has 0 spiro atoms. The van der Waals surface area contributed by atoms with E-state index in [2.05, 4.69) is 31.1 Å². The molecule has 2 aromatic rings. The van der Waals surface area contributed by atoms with Crippen LogP contribution in [0.4, 0.5) is 0 Å². The SMILES string of the molecule is Clc1nnc(-c2ccncc2)cc1Br. The van der Waals surface area contributed by atoms with Crippen molar-refractivity contribution < 1.29 is 0 Å². The van der Waals surface area contributed by atoms with Crippen molar-refractivity contribution in [3.8, 4) is 11.3 Å². The molecule has 5 heteroatoms. The second-order valence-corrected chi connectivity index (χ2v) is 3.82. The van der Waals surface area contributed by atoms with Gasteiger partial charge < -0.3 is 0 Å². The Balaban J connectivity index is 2.48. The molecule has 0 bridgehead atoms. The Morgan fingerprint density at radius 2 is 1.86 bits per heavy atom. The van der Waals surface area contributed by atoms with Crippen LogP contribution >= 0.6 is 27.5 Å². The highest BCUT2D eigenvalue weighted by Crippen LogP contribution is 2.23. The molecule has 0 saturated carbocycles. The number of hydrogen-bond donors (Lipinski definition) is 0. The zero-order valence-corrected chi connectivity index (χ0v) is 9.33. The zero-order chi connectivity index (χ0) is 9.97. The van der Waals surface area contributed by atoms with Crippen LogP contribution in [0.3, 0.4) is 0 Å². The fourth-order valence-electron chi connectivity index (χ4n) is 1.02. The molecule has 0 aliphatic heterocycles. The Morgan fingerprint density at radius 1 is 1.14 bits per heavy atom. The Bertz CT molecular complexity index is 447. The molecule has 2 rings (SSSR count). The number of rotatable bonds is 1. The van der Waals surface area contributed by atoms with E-state index >= 15 is 0 Å². The minimum atomic E-state index is 0.364. The maximum absolute atomic E-state index is 5.74. The van der Waals surface area contributed by atoms with Crippen molar-refractivity contribution in [1.82, 2.24) is 15.2 Å². The van der Waals surface area contributed by atoms with Gasteiger partial charge in [-0.1, -0.05) is 11.6 Å². The maximum atomic E-state index is 5.74. The van der Waals surface area contributed by atoms with Crippen LogP contribution < -0.4 is 0 Å². The highest BCUT2D eigenvalue weighted by molar-refractivity contribution is 9.10. The normalized spacial score (nSPS) is 10.1. The zero-order valence-electron chi connectivity index (χ0n) is 6.98. The number of halogens is 2. The lowest BCUT2D eigenvalue weighted by Gasteiger charge is -2.00. The van der Waals surface area contributed by atoms with Crippen LogP contribution in [0.25, 0.3) is 11.3 Å². The first-order chi connectivity index (χ1) is 6.77. The summed E-state index contributed by atoms with van der Waals surface area (Å²) in [6, 6.07) is 5.55. The summed E-state index contributed by atoms with van der Waals surface area (Å²) in [5.41, 5.74) is 1.73. The summed E-state index contributed by atoms with van der Waals surface area (Å²) in [6.45, 7) is 0. The van der Waals surface area contributed by atoms with E-state index in [9.17, 15) is 0 Å². The summed E-state index contributed by atoms with van der Waals surface area (Å²) < 4.78 is 0.737. The second kappa shape index (κ2) is 4.02. The fraction of sp³-hybridized carbons (Fsp3) is 0. The quantitative estimate of drug-likeness (QED) is 0.800. The molecule has 0 fully saturated rings. The number of aromatic nitrogens is 3. The highest BCUT2D eigenvalue weighted by Gasteiger charge is 2.03. The maximum Gasteiger partial charge on any atom is 0.165 e. The van der Waals surface area contributed by atoms with Crippen molar-refractivity contribution in [2.24, 2.45) is 0 Å². The van der Waals surface area contributed by atoms with E-state index in [0.717, 1.165) is 15.7 Å². The van der Waals surface area contributed by atoms with Gasteiger partial charge in [-0.25, -0.2) is 0 Å². The van der Waals surface area contributed by atoms with Crippen LogP contribution in [0.2, 0.25) is 5.15 Å². The summed E-state index contributed by atoms with van der Waals surface area (Å²) in [7, 11) is 0. The molecule has 0 amide bonds. The summed E-state index contributed by atoms with van der Waals surface area (Å²) in [5, 5.41) is 8.14. The molecule has 0 aliphatic carbocycles. The van der Waals surface area contributed by atoms with Gasteiger partial charge in [0.1, 0.15) is 0 Å². The third kappa shape index (κ3) is 1.91. The summed E-state index contributed by atoms with van der Waals surface area (Å²) in [5.74, 6) is 0. The highest BCUT2D eigenvalue weighted by atomic mass is 79.9. The van der Waals surface area contributed by atoms with Gasteiger partial charge in [0.25, 0.3) is 0 Å². The van der Waals surface area contributed by atoms with Crippen molar-refractivity contribution in [2.75, 3.05) is 0 Å². The van der Waals surface area contributed by atoms with E-state index in [1.54, 1.807) is 12.4 Å². The molecule has 2 heterocycles. The molecule has 0 N–H and O–H groups in total. The first-order valence-corrected chi connectivity index (χ1v) is 5.03.